The fourth-order valence-electron chi connectivity index (χ4n) is 2.95. The maximum Gasteiger partial charge on any atom is 0.0608 e. The van der Waals surface area contributed by atoms with Crippen molar-refractivity contribution in [3.63, 3.8) is 0 Å². The van der Waals surface area contributed by atoms with Gasteiger partial charge in [-0.1, -0.05) is 19.1 Å². The summed E-state index contributed by atoms with van der Waals surface area (Å²) in [5.41, 5.74) is 4.13. The average molecular weight is 202 g/mol. The Hall–Kier alpha value is -1.18. The van der Waals surface area contributed by atoms with Gasteiger partial charge in [-0.25, -0.2) is 0 Å². The Bertz CT molecular complexity index is 386. The Morgan fingerprint density at radius 3 is 3.13 bits per heavy atom. The average Bonchev–Trinajstić information content (AvgIpc) is 2.61. The molecule has 0 saturated carbocycles. The summed E-state index contributed by atoms with van der Waals surface area (Å²) in [6.45, 7) is 6.89. The maximum atomic E-state index is 3.59. The molecule has 80 valence electrons. The normalized spacial score (nSPS) is 28.3. The van der Waals surface area contributed by atoms with Gasteiger partial charge in [0.25, 0.3) is 0 Å². The van der Waals surface area contributed by atoms with Gasteiger partial charge in [0.05, 0.1) is 11.4 Å². The SMILES string of the molecule is Cc1cccc2c1NCC1C(C)CCN21. The smallest absolute Gasteiger partial charge is 0.0608 e. The molecule has 2 aliphatic rings. The van der Waals surface area contributed by atoms with Crippen LogP contribution in [0.2, 0.25) is 0 Å². The molecule has 2 aliphatic heterocycles. The summed E-state index contributed by atoms with van der Waals surface area (Å²) in [4.78, 5) is 2.59. The third-order valence-electron chi connectivity index (χ3n) is 3.93. The Balaban J connectivity index is 2.06. The van der Waals surface area contributed by atoms with Crippen molar-refractivity contribution in [1.82, 2.24) is 0 Å². The lowest BCUT2D eigenvalue weighted by Gasteiger charge is -2.36. The summed E-state index contributed by atoms with van der Waals surface area (Å²) in [7, 11) is 0. The van der Waals surface area contributed by atoms with E-state index >= 15 is 0 Å². The van der Waals surface area contributed by atoms with E-state index in [4.69, 9.17) is 0 Å². The number of anilines is 2. The molecule has 3 rings (SSSR count). The van der Waals surface area contributed by atoms with Crippen LogP contribution in [0.3, 0.4) is 0 Å². The van der Waals surface area contributed by atoms with Crippen molar-refractivity contribution in [1.29, 1.82) is 0 Å². The van der Waals surface area contributed by atoms with Crippen molar-refractivity contribution in [3.8, 4) is 0 Å². The number of benzene rings is 1. The third-order valence-corrected chi connectivity index (χ3v) is 3.93. The van der Waals surface area contributed by atoms with Gasteiger partial charge in [0.15, 0.2) is 0 Å². The molecule has 0 bridgehead atoms. The van der Waals surface area contributed by atoms with Gasteiger partial charge in [-0.05, 0) is 30.9 Å². The monoisotopic (exact) mass is 202 g/mol. The van der Waals surface area contributed by atoms with E-state index in [1.165, 1.54) is 29.9 Å². The summed E-state index contributed by atoms with van der Waals surface area (Å²) in [5.74, 6) is 0.825. The van der Waals surface area contributed by atoms with Crippen LogP contribution < -0.4 is 10.2 Å². The molecule has 2 unspecified atom stereocenters. The van der Waals surface area contributed by atoms with E-state index in [2.05, 4.69) is 42.3 Å². The van der Waals surface area contributed by atoms with Crippen molar-refractivity contribution in [2.45, 2.75) is 26.3 Å². The summed E-state index contributed by atoms with van der Waals surface area (Å²) in [6.07, 6.45) is 1.33. The van der Waals surface area contributed by atoms with Crippen LogP contribution in [0.15, 0.2) is 18.2 Å². The van der Waals surface area contributed by atoms with Crippen molar-refractivity contribution >= 4 is 11.4 Å². The van der Waals surface area contributed by atoms with Gasteiger partial charge in [0.2, 0.25) is 0 Å². The molecule has 0 spiro atoms. The fraction of sp³-hybridized carbons (Fsp3) is 0.538. The molecular weight excluding hydrogens is 184 g/mol. The van der Waals surface area contributed by atoms with Gasteiger partial charge in [-0.15, -0.1) is 0 Å². The molecule has 2 heteroatoms. The number of hydrogen-bond donors (Lipinski definition) is 1. The number of nitrogens with zero attached hydrogens (tertiary/aromatic N) is 1. The highest BCUT2D eigenvalue weighted by Crippen LogP contribution is 2.39. The van der Waals surface area contributed by atoms with Crippen LogP contribution >= 0.6 is 0 Å². The first-order valence-electron chi connectivity index (χ1n) is 5.87. The number of hydrogen-bond acceptors (Lipinski definition) is 2. The molecule has 1 aromatic carbocycles. The minimum atomic E-state index is 0.708. The van der Waals surface area contributed by atoms with E-state index in [0.717, 1.165) is 12.5 Å². The number of aryl methyl sites for hydroxylation is 1. The number of para-hydroxylation sites is 1. The molecule has 0 amide bonds. The predicted octanol–water partition coefficient (Wildman–Crippen LogP) is 2.64. The second-order valence-electron chi connectivity index (χ2n) is 4.88. The van der Waals surface area contributed by atoms with Gasteiger partial charge in [-0.2, -0.15) is 0 Å². The van der Waals surface area contributed by atoms with Gasteiger partial charge in [-0.3, -0.25) is 0 Å². The van der Waals surface area contributed by atoms with Gasteiger partial charge < -0.3 is 10.2 Å². The van der Waals surface area contributed by atoms with Gasteiger partial charge in [0.1, 0.15) is 0 Å². The highest BCUT2D eigenvalue weighted by Gasteiger charge is 2.35. The molecule has 1 fully saturated rings. The van der Waals surface area contributed by atoms with Crippen LogP contribution in [0.4, 0.5) is 11.4 Å². The third kappa shape index (κ3) is 1.24. The van der Waals surface area contributed by atoms with Gasteiger partial charge >= 0.3 is 0 Å². The maximum absolute atomic E-state index is 3.59. The Morgan fingerprint density at radius 1 is 1.40 bits per heavy atom. The van der Waals surface area contributed by atoms with Crippen LogP contribution in [0, 0.1) is 12.8 Å². The van der Waals surface area contributed by atoms with Crippen molar-refractivity contribution in [2.24, 2.45) is 5.92 Å². The zero-order valence-electron chi connectivity index (χ0n) is 9.46. The molecule has 2 nitrogen and oxygen atoms in total. The van der Waals surface area contributed by atoms with E-state index in [1.54, 1.807) is 0 Å². The lowest BCUT2D eigenvalue weighted by molar-refractivity contribution is 0.523. The molecule has 1 N–H and O–H groups in total. The first-order chi connectivity index (χ1) is 7.27. The van der Waals surface area contributed by atoms with Crippen molar-refractivity contribution in [2.75, 3.05) is 23.3 Å². The molecule has 0 aromatic heterocycles. The van der Waals surface area contributed by atoms with Crippen LogP contribution in [-0.4, -0.2) is 19.1 Å². The van der Waals surface area contributed by atoms with Gasteiger partial charge in [0, 0.05) is 19.1 Å². The molecule has 1 saturated heterocycles. The fourth-order valence-corrected chi connectivity index (χ4v) is 2.95. The zero-order valence-corrected chi connectivity index (χ0v) is 9.46. The summed E-state index contributed by atoms with van der Waals surface area (Å²) >= 11 is 0. The number of nitrogens with one attached hydrogen (secondary N) is 1. The van der Waals surface area contributed by atoms with Crippen LogP contribution in [0.5, 0.6) is 0 Å². The number of rotatable bonds is 0. The van der Waals surface area contributed by atoms with Crippen LogP contribution in [-0.2, 0) is 0 Å². The van der Waals surface area contributed by atoms with E-state index in [-0.39, 0.29) is 0 Å². The number of fused-ring (bicyclic) bond motifs is 3. The van der Waals surface area contributed by atoms with Crippen molar-refractivity contribution < 1.29 is 0 Å². The van der Waals surface area contributed by atoms with Crippen molar-refractivity contribution in [3.05, 3.63) is 23.8 Å². The lowest BCUT2D eigenvalue weighted by atomic mass is 10.00. The van der Waals surface area contributed by atoms with Crippen LogP contribution in [0.1, 0.15) is 18.9 Å². The summed E-state index contributed by atoms with van der Waals surface area (Å²) < 4.78 is 0. The molecular formula is C13H18N2. The molecule has 2 heterocycles. The first-order valence-corrected chi connectivity index (χ1v) is 5.87. The second-order valence-corrected chi connectivity index (χ2v) is 4.88. The van der Waals surface area contributed by atoms with E-state index < -0.39 is 0 Å². The molecule has 0 radical (unpaired) electrons. The quantitative estimate of drug-likeness (QED) is 0.695. The highest BCUT2D eigenvalue weighted by atomic mass is 15.2. The van der Waals surface area contributed by atoms with Crippen LogP contribution in [0.25, 0.3) is 0 Å². The molecule has 1 aromatic rings. The zero-order chi connectivity index (χ0) is 10.4. The first kappa shape index (κ1) is 9.08. The highest BCUT2D eigenvalue weighted by molar-refractivity contribution is 5.76. The minimum absolute atomic E-state index is 0.708. The molecule has 2 atom stereocenters. The summed E-state index contributed by atoms with van der Waals surface area (Å²) in [6, 6.07) is 7.31. The Labute approximate surface area is 91.3 Å². The van der Waals surface area contributed by atoms with E-state index in [9.17, 15) is 0 Å². The Morgan fingerprint density at radius 2 is 2.27 bits per heavy atom. The topological polar surface area (TPSA) is 15.3 Å². The van der Waals surface area contributed by atoms with E-state index in [1.807, 2.05) is 0 Å². The molecule has 15 heavy (non-hydrogen) atoms. The second kappa shape index (κ2) is 3.16. The predicted molar refractivity (Wildman–Crippen MR) is 64.6 cm³/mol. The summed E-state index contributed by atoms with van der Waals surface area (Å²) in [5, 5.41) is 3.59. The lowest BCUT2D eigenvalue weighted by Crippen LogP contribution is -2.42. The standard InChI is InChI=1S/C13H18N2/c1-9-6-7-15-11-5-3-4-10(2)13(11)14-8-12(9)15/h3-5,9,12,14H,6-8H2,1-2H3. The Kier molecular flexibility index (Phi) is 1.91. The van der Waals surface area contributed by atoms with E-state index in [0.29, 0.717) is 6.04 Å². The largest absolute Gasteiger partial charge is 0.381 e. The minimum Gasteiger partial charge on any atom is -0.381 e. The molecule has 0 aliphatic carbocycles.